The predicted octanol–water partition coefficient (Wildman–Crippen LogP) is 3.08. The first-order valence-corrected chi connectivity index (χ1v) is 8.25. The molecule has 1 aromatic carbocycles. The molecule has 3 N–H and O–H groups in total. The van der Waals surface area contributed by atoms with Crippen LogP contribution in [0, 0.1) is 5.92 Å². The molecule has 6 heteroatoms. The molecule has 1 amide bonds. The molecule has 0 radical (unpaired) electrons. The summed E-state index contributed by atoms with van der Waals surface area (Å²) >= 11 is 6.10. The number of hydrogen-bond donors (Lipinski definition) is 3. The zero-order chi connectivity index (χ0) is 15.1. The highest BCUT2D eigenvalue weighted by molar-refractivity contribution is 6.35. The highest BCUT2D eigenvalue weighted by Crippen LogP contribution is 2.32. The van der Waals surface area contributed by atoms with Crippen molar-refractivity contribution in [1.82, 2.24) is 15.3 Å². The van der Waals surface area contributed by atoms with E-state index in [1.165, 1.54) is 12.8 Å². The van der Waals surface area contributed by atoms with Crippen LogP contribution < -0.4 is 10.6 Å². The number of piperidine rings is 1. The first-order valence-electron chi connectivity index (χ1n) is 7.87. The summed E-state index contributed by atoms with van der Waals surface area (Å²) < 4.78 is 0. The summed E-state index contributed by atoms with van der Waals surface area (Å²) in [4.78, 5) is 19.7. The number of nitrogens with zero attached hydrogens (tertiary/aromatic N) is 1. The van der Waals surface area contributed by atoms with Gasteiger partial charge in [-0.15, -0.1) is 0 Å². The van der Waals surface area contributed by atoms with Gasteiger partial charge in [0.05, 0.1) is 10.5 Å². The van der Waals surface area contributed by atoms with Crippen LogP contribution in [-0.2, 0) is 4.79 Å². The molecule has 3 heterocycles. The van der Waals surface area contributed by atoms with Crippen molar-refractivity contribution in [1.29, 1.82) is 0 Å². The summed E-state index contributed by atoms with van der Waals surface area (Å²) in [6, 6.07) is 6.78. The fourth-order valence-electron chi connectivity index (χ4n) is 3.84. The van der Waals surface area contributed by atoms with Crippen LogP contribution in [0.5, 0.6) is 0 Å². The summed E-state index contributed by atoms with van der Waals surface area (Å²) in [6.45, 7) is 0. The van der Waals surface area contributed by atoms with Crippen LogP contribution in [0.1, 0.15) is 32.1 Å². The van der Waals surface area contributed by atoms with E-state index in [4.69, 9.17) is 11.6 Å². The van der Waals surface area contributed by atoms with E-state index in [9.17, 15) is 4.79 Å². The molecule has 2 saturated heterocycles. The molecular weight excluding hydrogens is 300 g/mol. The number of H-pyrrole nitrogens is 1. The Labute approximate surface area is 133 Å². The van der Waals surface area contributed by atoms with Gasteiger partial charge in [0, 0.05) is 18.5 Å². The van der Waals surface area contributed by atoms with Gasteiger partial charge in [0.1, 0.15) is 5.52 Å². The van der Waals surface area contributed by atoms with Gasteiger partial charge >= 0.3 is 0 Å². The quantitative estimate of drug-likeness (QED) is 0.814. The van der Waals surface area contributed by atoms with Crippen LogP contribution in [0.2, 0.25) is 5.02 Å². The molecule has 2 aliphatic heterocycles. The smallest absolute Gasteiger partial charge is 0.226 e. The van der Waals surface area contributed by atoms with E-state index < -0.39 is 0 Å². The third-order valence-corrected chi connectivity index (χ3v) is 5.07. The number of benzene rings is 1. The van der Waals surface area contributed by atoms with Crippen LogP contribution in [0.4, 0.5) is 5.95 Å². The van der Waals surface area contributed by atoms with E-state index in [0.29, 0.717) is 40.9 Å². The van der Waals surface area contributed by atoms with E-state index in [1.54, 1.807) is 6.07 Å². The maximum Gasteiger partial charge on any atom is 0.226 e. The largest absolute Gasteiger partial charge is 0.324 e. The van der Waals surface area contributed by atoms with E-state index >= 15 is 0 Å². The summed E-state index contributed by atoms with van der Waals surface area (Å²) in [5.74, 6) is 0.984. The number of anilines is 1. The number of carbonyl (C=O) groups excluding carboxylic acids is 1. The number of hydrogen-bond acceptors (Lipinski definition) is 3. The first-order chi connectivity index (χ1) is 10.7. The zero-order valence-corrected chi connectivity index (χ0v) is 13.0. The lowest BCUT2D eigenvalue weighted by atomic mass is 9.89. The van der Waals surface area contributed by atoms with E-state index in [0.717, 1.165) is 18.4 Å². The van der Waals surface area contributed by atoms with Crippen molar-refractivity contribution in [2.45, 2.75) is 44.2 Å². The maximum atomic E-state index is 12.3. The molecule has 0 spiro atoms. The molecule has 2 aliphatic rings. The van der Waals surface area contributed by atoms with E-state index in [1.807, 2.05) is 12.1 Å². The van der Waals surface area contributed by atoms with E-state index in [2.05, 4.69) is 20.6 Å². The Morgan fingerprint density at radius 2 is 2.09 bits per heavy atom. The molecular formula is C16H19ClN4O. The third-order valence-electron chi connectivity index (χ3n) is 4.77. The monoisotopic (exact) mass is 318 g/mol. The zero-order valence-electron chi connectivity index (χ0n) is 12.2. The number of aromatic amines is 1. The topological polar surface area (TPSA) is 69.8 Å². The molecule has 0 aliphatic carbocycles. The van der Waals surface area contributed by atoms with Gasteiger partial charge in [0.25, 0.3) is 0 Å². The summed E-state index contributed by atoms with van der Waals surface area (Å²) in [6.07, 6.45) is 5.29. The van der Waals surface area contributed by atoms with Gasteiger partial charge < -0.3 is 10.3 Å². The Balaban J connectivity index is 1.41. The van der Waals surface area contributed by atoms with Gasteiger partial charge in [0.15, 0.2) is 0 Å². The fraction of sp³-hybridized carbons (Fsp3) is 0.500. The molecule has 22 heavy (non-hydrogen) atoms. The minimum absolute atomic E-state index is 0.0291. The lowest BCUT2D eigenvalue weighted by molar-refractivity contribution is -0.117. The van der Waals surface area contributed by atoms with Crippen molar-refractivity contribution < 1.29 is 4.79 Å². The predicted molar refractivity (Wildman–Crippen MR) is 87.0 cm³/mol. The number of aromatic nitrogens is 2. The number of imidazole rings is 1. The van der Waals surface area contributed by atoms with Crippen molar-refractivity contribution in [3.63, 3.8) is 0 Å². The minimum atomic E-state index is 0.0291. The molecule has 0 saturated carbocycles. The molecule has 116 valence electrons. The van der Waals surface area contributed by atoms with Crippen LogP contribution in [-0.4, -0.2) is 28.0 Å². The maximum absolute atomic E-state index is 12.3. The average molecular weight is 319 g/mol. The Bertz CT molecular complexity index is 701. The second kappa shape index (κ2) is 5.56. The van der Waals surface area contributed by atoms with Crippen LogP contribution in [0.3, 0.4) is 0 Å². The summed E-state index contributed by atoms with van der Waals surface area (Å²) in [5.41, 5.74) is 1.53. The number of rotatable bonds is 3. The van der Waals surface area contributed by atoms with Gasteiger partial charge in [-0.25, -0.2) is 4.98 Å². The Morgan fingerprint density at radius 1 is 1.32 bits per heavy atom. The van der Waals surface area contributed by atoms with Gasteiger partial charge in [-0.05, 0) is 43.7 Å². The molecule has 2 fully saturated rings. The number of amides is 1. The van der Waals surface area contributed by atoms with Crippen molar-refractivity contribution in [3.05, 3.63) is 23.2 Å². The molecule has 4 rings (SSSR count). The van der Waals surface area contributed by atoms with Gasteiger partial charge in [-0.3, -0.25) is 10.1 Å². The second-order valence-corrected chi connectivity index (χ2v) is 6.86. The Morgan fingerprint density at radius 3 is 2.82 bits per heavy atom. The van der Waals surface area contributed by atoms with Gasteiger partial charge in [-0.1, -0.05) is 17.7 Å². The molecule has 2 bridgehead atoms. The standard InChI is InChI=1S/C16H19ClN4O/c17-12-2-1-3-13-15(12)21-16(19-13)20-14(22)8-9-6-10-4-5-11(7-9)18-10/h1-3,9-11,18H,4-8H2,(H2,19,20,21,22). The third kappa shape index (κ3) is 2.71. The summed E-state index contributed by atoms with van der Waals surface area (Å²) in [7, 11) is 0. The van der Waals surface area contributed by atoms with Gasteiger partial charge in [0.2, 0.25) is 11.9 Å². The lowest BCUT2D eigenvalue weighted by Gasteiger charge is -2.28. The number of para-hydroxylation sites is 1. The number of carbonyl (C=O) groups is 1. The SMILES string of the molecule is O=C(CC1CC2CCC(C1)N2)Nc1nc2c(Cl)cccc2[nH]1. The minimum Gasteiger partial charge on any atom is -0.324 e. The van der Waals surface area contributed by atoms with Crippen molar-refractivity contribution in [3.8, 4) is 0 Å². The van der Waals surface area contributed by atoms with Crippen LogP contribution >= 0.6 is 11.6 Å². The first kappa shape index (κ1) is 14.0. The number of halogens is 1. The van der Waals surface area contributed by atoms with Gasteiger partial charge in [-0.2, -0.15) is 0 Å². The lowest BCUT2D eigenvalue weighted by Crippen LogP contribution is -2.39. The molecule has 5 nitrogen and oxygen atoms in total. The Kier molecular flexibility index (Phi) is 3.54. The molecule has 2 aromatic rings. The van der Waals surface area contributed by atoms with Crippen LogP contribution in [0.15, 0.2) is 18.2 Å². The number of fused-ring (bicyclic) bond motifs is 3. The summed E-state index contributed by atoms with van der Waals surface area (Å²) in [5, 5.41) is 7.06. The fourth-order valence-corrected chi connectivity index (χ4v) is 4.06. The van der Waals surface area contributed by atoms with E-state index in [-0.39, 0.29) is 5.91 Å². The second-order valence-electron chi connectivity index (χ2n) is 6.45. The highest BCUT2D eigenvalue weighted by atomic mass is 35.5. The Hall–Kier alpha value is -1.59. The van der Waals surface area contributed by atoms with Crippen molar-refractivity contribution in [2.24, 2.45) is 5.92 Å². The molecule has 2 atom stereocenters. The number of nitrogens with one attached hydrogen (secondary N) is 3. The van der Waals surface area contributed by atoms with Crippen molar-refractivity contribution >= 4 is 34.5 Å². The van der Waals surface area contributed by atoms with Crippen molar-refractivity contribution in [2.75, 3.05) is 5.32 Å². The average Bonchev–Trinajstić information content (AvgIpc) is 3.03. The molecule has 2 unspecified atom stereocenters. The highest BCUT2D eigenvalue weighted by Gasteiger charge is 2.34. The normalized spacial score (nSPS) is 27.2. The molecule has 1 aromatic heterocycles. The van der Waals surface area contributed by atoms with Crippen LogP contribution in [0.25, 0.3) is 11.0 Å².